The Balaban J connectivity index is 1.38. The first-order valence-corrected chi connectivity index (χ1v) is 7.24. The second-order valence-corrected chi connectivity index (χ2v) is 5.41. The zero-order valence-electron chi connectivity index (χ0n) is 11.3. The molecule has 0 amide bonds. The van der Waals surface area contributed by atoms with E-state index in [-0.39, 0.29) is 0 Å². The second-order valence-electron chi connectivity index (χ2n) is 5.41. The molecule has 2 aromatic carbocycles. The number of hydrogen-bond acceptors (Lipinski definition) is 1. The molecule has 2 aromatic rings. The summed E-state index contributed by atoms with van der Waals surface area (Å²) in [6, 6.07) is 22.4. The molecule has 0 saturated carbocycles. The van der Waals surface area contributed by atoms with E-state index >= 15 is 0 Å². The topological polar surface area (TPSA) is 3.01 Å². The molecule has 0 bridgehead atoms. The van der Waals surface area contributed by atoms with Gasteiger partial charge in [-0.2, -0.15) is 0 Å². The summed E-state index contributed by atoms with van der Waals surface area (Å²) in [6.45, 7) is 2.50. The number of benzene rings is 2. The Bertz CT molecular complexity index is 444. The van der Waals surface area contributed by atoms with Crippen LogP contribution in [0, 0.1) is 0 Å². The maximum Gasteiger partial charge on any atom is 0.0227 e. The lowest BCUT2D eigenvalue weighted by Gasteiger charge is -2.04. The van der Waals surface area contributed by atoms with E-state index in [9.17, 15) is 0 Å². The first-order chi connectivity index (χ1) is 9.42. The third kappa shape index (κ3) is 3.68. The Morgan fingerprint density at radius 1 is 0.789 bits per heavy atom. The summed E-state index contributed by atoms with van der Waals surface area (Å²) >= 11 is 0. The van der Waals surface area contributed by atoms with E-state index in [1.807, 2.05) is 0 Å². The predicted octanol–water partition coefficient (Wildman–Crippen LogP) is 3.55. The van der Waals surface area contributed by atoms with E-state index in [1.165, 1.54) is 43.5 Å². The third-order valence-electron chi connectivity index (χ3n) is 3.97. The van der Waals surface area contributed by atoms with Crippen molar-refractivity contribution in [3.05, 3.63) is 71.8 Å². The molecule has 3 rings (SSSR count). The van der Waals surface area contributed by atoms with Crippen LogP contribution in [0.15, 0.2) is 60.7 Å². The molecule has 98 valence electrons. The summed E-state index contributed by atoms with van der Waals surface area (Å²) in [4.78, 5) is 2.59. The van der Waals surface area contributed by atoms with Crippen LogP contribution < -0.4 is 0 Å². The summed E-state index contributed by atoms with van der Waals surface area (Å²) in [5, 5.41) is 0. The van der Waals surface area contributed by atoms with Crippen LogP contribution in [0.5, 0.6) is 0 Å². The fourth-order valence-corrected chi connectivity index (χ4v) is 2.67. The van der Waals surface area contributed by atoms with E-state index < -0.39 is 0 Å². The van der Waals surface area contributed by atoms with Crippen molar-refractivity contribution in [3.8, 4) is 0 Å². The van der Waals surface area contributed by atoms with E-state index in [0.717, 1.165) is 6.04 Å². The molecule has 1 aliphatic rings. The highest BCUT2D eigenvalue weighted by Gasteiger charge is 2.32. The van der Waals surface area contributed by atoms with Crippen LogP contribution in [0.25, 0.3) is 0 Å². The smallest absolute Gasteiger partial charge is 0.0227 e. The number of nitrogens with zero attached hydrogens (tertiary/aromatic N) is 1. The Kier molecular flexibility index (Phi) is 3.95. The van der Waals surface area contributed by atoms with E-state index in [4.69, 9.17) is 0 Å². The van der Waals surface area contributed by atoms with Crippen molar-refractivity contribution in [2.45, 2.75) is 25.3 Å². The number of hydrogen-bond donors (Lipinski definition) is 0. The molecule has 1 aliphatic heterocycles. The van der Waals surface area contributed by atoms with E-state index in [0.29, 0.717) is 0 Å². The van der Waals surface area contributed by atoms with Crippen LogP contribution in [0.2, 0.25) is 0 Å². The fraction of sp³-hybridized carbons (Fsp3) is 0.333. The Hall–Kier alpha value is -1.60. The molecule has 0 radical (unpaired) electrons. The molecule has 1 saturated heterocycles. The molecule has 1 nitrogen and oxygen atoms in total. The summed E-state index contributed by atoms with van der Waals surface area (Å²) in [5.74, 6) is 0. The van der Waals surface area contributed by atoms with Gasteiger partial charge in [0.15, 0.2) is 0 Å². The van der Waals surface area contributed by atoms with Crippen LogP contribution in [0.3, 0.4) is 0 Å². The quantitative estimate of drug-likeness (QED) is 0.710. The van der Waals surface area contributed by atoms with Crippen LogP contribution >= 0.6 is 0 Å². The number of aryl methyl sites for hydroxylation is 1. The molecule has 1 unspecified atom stereocenters. The second kappa shape index (κ2) is 6.03. The molecular weight excluding hydrogens is 230 g/mol. The zero-order chi connectivity index (χ0) is 12.9. The number of rotatable bonds is 6. The largest absolute Gasteiger partial charge is 0.297 e. The molecular formula is C18H21N. The highest BCUT2D eigenvalue weighted by molar-refractivity contribution is 5.16. The van der Waals surface area contributed by atoms with Crippen LogP contribution in [0.1, 0.15) is 17.5 Å². The van der Waals surface area contributed by atoms with Crippen molar-refractivity contribution in [1.29, 1.82) is 0 Å². The standard InChI is InChI=1S/C18H21N/c1-3-7-16(8-4-1)11-12-18-15-19(18)14-13-17-9-5-2-6-10-17/h1-10,18H,11-15H2/t18-,19?/m0/s1. The van der Waals surface area contributed by atoms with Gasteiger partial charge in [-0.25, -0.2) is 0 Å². The van der Waals surface area contributed by atoms with Crippen LogP contribution in [0.4, 0.5) is 0 Å². The average Bonchev–Trinajstić information content (AvgIpc) is 3.24. The maximum absolute atomic E-state index is 2.59. The first kappa shape index (κ1) is 12.4. The van der Waals surface area contributed by atoms with Crippen molar-refractivity contribution < 1.29 is 0 Å². The van der Waals surface area contributed by atoms with Crippen LogP contribution in [-0.2, 0) is 12.8 Å². The van der Waals surface area contributed by atoms with Gasteiger partial charge in [0, 0.05) is 19.1 Å². The molecule has 0 spiro atoms. The molecule has 1 heterocycles. The van der Waals surface area contributed by atoms with Gasteiger partial charge in [0.25, 0.3) is 0 Å². The van der Waals surface area contributed by atoms with E-state index in [1.54, 1.807) is 0 Å². The summed E-state index contributed by atoms with van der Waals surface area (Å²) in [6.07, 6.45) is 3.70. The lowest BCUT2D eigenvalue weighted by Crippen LogP contribution is -2.07. The molecule has 0 N–H and O–H groups in total. The molecule has 1 fully saturated rings. The summed E-state index contributed by atoms with van der Waals surface area (Å²) < 4.78 is 0. The first-order valence-electron chi connectivity index (χ1n) is 7.24. The zero-order valence-corrected chi connectivity index (χ0v) is 11.3. The highest BCUT2D eigenvalue weighted by Crippen LogP contribution is 2.23. The van der Waals surface area contributed by atoms with Gasteiger partial charge in [0.05, 0.1) is 0 Å². The minimum Gasteiger partial charge on any atom is -0.297 e. The van der Waals surface area contributed by atoms with Gasteiger partial charge >= 0.3 is 0 Å². The fourth-order valence-electron chi connectivity index (χ4n) is 2.67. The van der Waals surface area contributed by atoms with Gasteiger partial charge in [-0.05, 0) is 30.4 Å². The van der Waals surface area contributed by atoms with Gasteiger partial charge in [0.1, 0.15) is 0 Å². The predicted molar refractivity (Wildman–Crippen MR) is 80.3 cm³/mol. The van der Waals surface area contributed by atoms with Crippen molar-refractivity contribution in [3.63, 3.8) is 0 Å². The van der Waals surface area contributed by atoms with Gasteiger partial charge in [0.2, 0.25) is 0 Å². The minimum atomic E-state index is 0.823. The molecule has 19 heavy (non-hydrogen) atoms. The lowest BCUT2D eigenvalue weighted by molar-refractivity contribution is 0.494. The molecule has 0 aliphatic carbocycles. The molecule has 1 heteroatoms. The summed E-state index contributed by atoms with van der Waals surface area (Å²) in [5.41, 5.74) is 2.92. The maximum atomic E-state index is 2.59. The van der Waals surface area contributed by atoms with Crippen molar-refractivity contribution in [1.82, 2.24) is 4.90 Å². The average molecular weight is 251 g/mol. The van der Waals surface area contributed by atoms with Crippen LogP contribution in [-0.4, -0.2) is 24.0 Å². The van der Waals surface area contributed by atoms with Gasteiger partial charge < -0.3 is 0 Å². The van der Waals surface area contributed by atoms with Crippen molar-refractivity contribution in [2.24, 2.45) is 0 Å². The molecule has 2 atom stereocenters. The van der Waals surface area contributed by atoms with Crippen molar-refractivity contribution in [2.75, 3.05) is 13.1 Å². The lowest BCUT2D eigenvalue weighted by atomic mass is 10.1. The Labute approximate surface area is 115 Å². The normalized spacial score (nSPS) is 21.3. The minimum absolute atomic E-state index is 0.823. The Morgan fingerprint density at radius 3 is 2.00 bits per heavy atom. The molecule has 0 aromatic heterocycles. The third-order valence-corrected chi connectivity index (χ3v) is 3.97. The van der Waals surface area contributed by atoms with Gasteiger partial charge in [-0.15, -0.1) is 0 Å². The van der Waals surface area contributed by atoms with Crippen molar-refractivity contribution >= 4 is 0 Å². The Morgan fingerprint density at radius 2 is 1.37 bits per heavy atom. The van der Waals surface area contributed by atoms with E-state index in [2.05, 4.69) is 65.6 Å². The van der Waals surface area contributed by atoms with Gasteiger partial charge in [-0.1, -0.05) is 60.7 Å². The highest BCUT2D eigenvalue weighted by atomic mass is 15.3. The SMILES string of the molecule is c1ccc(CC[C@H]2CN2CCc2ccccc2)cc1. The van der Waals surface area contributed by atoms with Gasteiger partial charge in [-0.3, -0.25) is 4.90 Å². The monoisotopic (exact) mass is 251 g/mol. The summed E-state index contributed by atoms with van der Waals surface area (Å²) in [7, 11) is 0.